The molecule has 1 atom stereocenters. The van der Waals surface area contributed by atoms with Crippen molar-refractivity contribution in [3.8, 4) is 0 Å². The van der Waals surface area contributed by atoms with Crippen LogP contribution in [0.4, 0.5) is 10.5 Å². The molecule has 3 rings (SSSR count). The molecule has 3 N–H and O–H groups in total. The third kappa shape index (κ3) is 6.76. The highest BCUT2D eigenvalue weighted by molar-refractivity contribution is 6.02. The Morgan fingerprint density at radius 3 is 2.59 bits per heavy atom. The number of ether oxygens (including phenoxy) is 1. The Morgan fingerprint density at radius 2 is 1.97 bits per heavy atom. The number of guanidine groups is 1. The fourth-order valence-electron chi connectivity index (χ4n) is 3.36. The molecular weight excluding hydrogens is 410 g/mol. The molecule has 1 aliphatic heterocycles. The number of nitrogens with zero attached hydrogens (tertiary/aromatic N) is 2. The number of likely N-dealkylation sites (tertiary alicyclic amines) is 1. The molecule has 32 heavy (non-hydrogen) atoms. The van der Waals surface area contributed by atoms with E-state index in [1.165, 1.54) is 6.26 Å². The minimum atomic E-state index is -0.517. The van der Waals surface area contributed by atoms with Gasteiger partial charge in [-0.05, 0) is 57.0 Å². The van der Waals surface area contributed by atoms with E-state index in [-0.39, 0.29) is 17.7 Å². The van der Waals surface area contributed by atoms with Gasteiger partial charge < -0.3 is 30.0 Å². The van der Waals surface area contributed by atoms with E-state index in [9.17, 15) is 9.59 Å². The van der Waals surface area contributed by atoms with Gasteiger partial charge in [0.2, 0.25) is 0 Å². The number of hydrogen-bond acceptors (Lipinski definition) is 5. The van der Waals surface area contributed by atoms with Crippen molar-refractivity contribution >= 4 is 23.6 Å². The van der Waals surface area contributed by atoms with Crippen LogP contribution in [0.2, 0.25) is 0 Å². The van der Waals surface area contributed by atoms with Gasteiger partial charge in [0.15, 0.2) is 11.7 Å². The number of rotatable bonds is 5. The molecule has 1 aliphatic rings. The number of anilines is 1. The van der Waals surface area contributed by atoms with Crippen molar-refractivity contribution in [2.75, 3.05) is 25.5 Å². The summed E-state index contributed by atoms with van der Waals surface area (Å²) in [6, 6.07) is 10.9. The highest BCUT2D eigenvalue weighted by Gasteiger charge is 2.27. The minimum absolute atomic E-state index is 0.0143. The van der Waals surface area contributed by atoms with E-state index in [4.69, 9.17) is 9.15 Å². The highest BCUT2D eigenvalue weighted by Crippen LogP contribution is 2.14. The molecule has 0 radical (unpaired) electrons. The number of amides is 2. The van der Waals surface area contributed by atoms with Gasteiger partial charge in [-0.3, -0.25) is 9.79 Å². The fourth-order valence-corrected chi connectivity index (χ4v) is 3.36. The number of nitrogens with one attached hydrogen (secondary N) is 3. The first-order chi connectivity index (χ1) is 15.2. The molecule has 9 nitrogen and oxygen atoms in total. The van der Waals surface area contributed by atoms with Crippen LogP contribution in [0.25, 0.3) is 0 Å². The molecule has 1 fully saturated rings. The molecule has 0 saturated carbocycles. The molecule has 1 aromatic heterocycles. The van der Waals surface area contributed by atoms with Crippen LogP contribution < -0.4 is 16.0 Å². The predicted molar refractivity (Wildman–Crippen MR) is 123 cm³/mol. The first-order valence-electron chi connectivity index (χ1n) is 10.6. The molecular formula is C23H31N5O4. The summed E-state index contributed by atoms with van der Waals surface area (Å²) in [5.41, 5.74) is 1.22. The zero-order valence-electron chi connectivity index (χ0n) is 19.0. The van der Waals surface area contributed by atoms with E-state index < -0.39 is 11.7 Å². The van der Waals surface area contributed by atoms with Crippen LogP contribution in [-0.2, 0) is 11.3 Å². The molecule has 2 heterocycles. The summed E-state index contributed by atoms with van der Waals surface area (Å²) < 4.78 is 10.4. The van der Waals surface area contributed by atoms with E-state index in [1.54, 1.807) is 19.2 Å². The highest BCUT2D eigenvalue weighted by atomic mass is 16.6. The molecule has 172 valence electrons. The van der Waals surface area contributed by atoms with Crippen LogP contribution in [0.1, 0.15) is 43.3 Å². The Bertz CT molecular complexity index is 932. The molecule has 1 aromatic carbocycles. The third-order valence-corrected chi connectivity index (χ3v) is 4.83. The van der Waals surface area contributed by atoms with E-state index in [1.807, 2.05) is 45.0 Å². The van der Waals surface area contributed by atoms with Crippen molar-refractivity contribution in [3.63, 3.8) is 0 Å². The summed E-state index contributed by atoms with van der Waals surface area (Å²) in [4.78, 5) is 30.5. The zero-order chi connectivity index (χ0) is 23.1. The van der Waals surface area contributed by atoms with E-state index in [2.05, 4.69) is 25.8 Å². The quantitative estimate of drug-likeness (QED) is 0.486. The topological polar surface area (TPSA) is 108 Å². The molecule has 2 amide bonds. The van der Waals surface area contributed by atoms with Crippen molar-refractivity contribution in [1.82, 2.24) is 15.5 Å². The Hall–Kier alpha value is -3.49. The van der Waals surface area contributed by atoms with Gasteiger partial charge in [0.05, 0.1) is 12.3 Å². The van der Waals surface area contributed by atoms with Crippen LogP contribution in [0.15, 0.2) is 52.1 Å². The average molecular weight is 442 g/mol. The number of carbonyl (C=O) groups is 2. The summed E-state index contributed by atoms with van der Waals surface area (Å²) in [6.45, 7) is 7.57. The van der Waals surface area contributed by atoms with Crippen LogP contribution >= 0.6 is 0 Å². The summed E-state index contributed by atoms with van der Waals surface area (Å²) in [5.74, 6) is 0.753. The van der Waals surface area contributed by atoms with Crippen LogP contribution in [0.3, 0.4) is 0 Å². The van der Waals surface area contributed by atoms with Crippen molar-refractivity contribution in [3.05, 3.63) is 54.0 Å². The summed E-state index contributed by atoms with van der Waals surface area (Å²) in [6.07, 6.45) is 1.89. The maximum absolute atomic E-state index is 12.1. The van der Waals surface area contributed by atoms with Crippen LogP contribution in [-0.4, -0.2) is 54.6 Å². The monoisotopic (exact) mass is 441 g/mol. The minimum Gasteiger partial charge on any atom is -0.459 e. The first kappa shape index (κ1) is 23.2. The second-order valence-electron chi connectivity index (χ2n) is 8.61. The average Bonchev–Trinajstić information content (AvgIpc) is 3.41. The van der Waals surface area contributed by atoms with Gasteiger partial charge in [0.25, 0.3) is 5.91 Å². The number of hydrogen-bond donors (Lipinski definition) is 3. The van der Waals surface area contributed by atoms with Crippen LogP contribution in [0.5, 0.6) is 0 Å². The normalized spacial score (nSPS) is 16.6. The Labute approximate surface area is 188 Å². The number of alkyl carbamates (subject to hydrolysis) is 1. The maximum atomic E-state index is 12.1. The van der Waals surface area contributed by atoms with E-state index in [0.717, 1.165) is 24.5 Å². The van der Waals surface area contributed by atoms with Gasteiger partial charge in [0, 0.05) is 32.4 Å². The van der Waals surface area contributed by atoms with Gasteiger partial charge in [-0.15, -0.1) is 0 Å². The lowest BCUT2D eigenvalue weighted by Crippen LogP contribution is -2.44. The summed E-state index contributed by atoms with van der Waals surface area (Å²) in [7, 11) is 1.74. The molecule has 2 aromatic rings. The Morgan fingerprint density at radius 1 is 1.22 bits per heavy atom. The smallest absolute Gasteiger partial charge is 0.407 e. The molecule has 0 bridgehead atoms. The molecule has 1 unspecified atom stereocenters. The van der Waals surface area contributed by atoms with Crippen molar-refractivity contribution in [2.45, 2.75) is 45.4 Å². The standard InChI is InChI=1S/C23H31N5O4/c1-23(2,3)32-22(30)27-18-11-12-28(15-18)21(24-4)25-14-16-7-9-17(10-8-16)26-20(29)19-6-5-13-31-19/h5-10,13,18H,11-12,14-15H2,1-4H3,(H,24,25)(H,26,29)(H,27,30). The number of benzene rings is 1. The van der Waals surface area contributed by atoms with Crippen molar-refractivity contribution in [1.29, 1.82) is 0 Å². The lowest BCUT2D eigenvalue weighted by atomic mass is 10.2. The van der Waals surface area contributed by atoms with Gasteiger partial charge in [-0.1, -0.05) is 12.1 Å². The van der Waals surface area contributed by atoms with Crippen molar-refractivity contribution < 1.29 is 18.7 Å². The second kappa shape index (κ2) is 10.2. The maximum Gasteiger partial charge on any atom is 0.407 e. The largest absolute Gasteiger partial charge is 0.459 e. The molecule has 1 saturated heterocycles. The Balaban J connectivity index is 1.46. The SMILES string of the molecule is CN=C(NCc1ccc(NC(=O)c2ccco2)cc1)N1CCC(NC(=O)OC(C)(C)C)C1. The second-order valence-corrected chi connectivity index (χ2v) is 8.61. The van der Waals surface area contributed by atoms with Gasteiger partial charge in [0.1, 0.15) is 5.60 Å². The summed E-state index contributed by atoms with van der Waals surface area (Å²) in [5, 5.41) is 9.07. The third-order valence-electron chi connectivity index (χ3n) is 4.83. The molecule has 0 aliphatic carbocycles. The fraction of sp³-hybridized carbons (Fsp3) is 0.435. The lowest BCUT2D eigenvalue weighted by molar-refractivity contribution is 0.0507. The number of aliphatic imine (C=N–C) groups is 1. The van der Waals surface area contributed by atoms with E-state index >= 15 is 0 Å². The van der Waals surface area contributed by atoms with Crippen molar-refractivity contribution in [2.24, 2.45) is 4.99 Å². The Kier molecular flexibility index (Phi) is 7.40. The van der Waals surface area contributed by atoms with Gasteiger partial charge in [-0.25, -0.2) is 4.79 Å². The summed E-state index contributed by atoms with van der Waals surface area (Å²) >= 11 is 0. The number of carbonyl (C=O) groups excluding carboxylic acids is 2. The zero-order valence-corrected chi connectivity index (χ0v) is 19.0. The first-order valence-corrected chi connectivity index (χ1v) is 10.6. The molecule has 0 spiro atoms. The molecule has 9 heteroatoms. The predicted octanol–water partition coefficient (Wildman–Crippen LogP) is 3.21. The number of furan rings is 1. The van der Waals surface area contributed by atoms with E-state index in [0.29, 0.717) is 18.8 Å². The van der Waals surface area contributed by atoms with Gasteiger partial charge in [-0.2, -0.15) is 0 Å². The van der Waals surface area contributed by atoms with Crippen LogP contribution in [0, 0.1) is 0 Å². The van der Waals surface area contributed by atoms with Gasteiger partial charge >= 0.3 is 6.09 Å². The lowest BCUT2D eigenvalue weighted by Gasteiger charge is -2.23.